The smallest absolute Gasteiger partial charge is 0.219 e. The predicted octanol–water partition coefficient (Wildman–Crippen LogP) is -0.876. The lowest BCUT2D eigenvalue weighted by atomic mass is 10.3. The van der Waals surface area contributed by atoms with Crippen LogP contribution in [0.2, 0.25) is 0 Å². The highest BCUT2D eigenvalue weighted by atomic mass is 32.2. The first-order chi connectivity index (χ1) is 4.66. The quantitative estimate of drug-likeness (QED) is 0.532. The number of thiol groups is 1. The van der Waals surface area contributed by atoms with Gasteiger partial charge >= 0.3 is 0 Å². The molecule has 0 aliphatic carbocycles. The van der Waals surface area contributed by atoms with E-state index in [2.05, 4.69) is 5.32 Å². The molecule has 5 heteroatoms. The summed E-state index contributed by atoms with van der Waals surface area (Å²) in [4.78, 5) is 10.5. The molecule has 0 rings (SSSR count). The molecular weight excluding hydrogens is 154 g/mol. The second-order valence-corrected chi connectivity index (χ2v) is 2.95. The van der Waals surface area contributed by atoms with Crippen LogP contribution in [0.3, 0.4) is 0 Å². The monoisotopic (exact) mass is 165 g/mol. The lowest BCUT2D eigenvalue weighted by Gasteiger charge is -1.94. The standard InChI is InChI=1S/C5H11NO3S/c1-6-5(7)3-2-4-10(8)9/h10H,2-4H2,1H3,(H,6,7). The van der Waals surface area contributed by atoms with Crippen LogP contribution in [0.25, 0.3) is 0 Å². The number of nitrogens with one attached hydrogen (secondary N) is 1. The van der Waals surface area contributed by atoms with Crippen molar-refractivity contribution in [3.05, 3.63) is 0 Å². The van der Waals surface area contributed by atoms with Crippen LogP contribution in [-0.2, 0) is 15.5 Å². The Morgan fingerprint density at radius 3 is 2.50 bits per heavy atom. The first-order valence-corrected chi connectivity index (χ1v) is 4.35. The molecule has 60 valence electrons. The van der Waals surface area contributed by atoms with Gasteiger partial charge in [-0.1, -0.05) is 0 Å². The largest absolute Gasteiger partial charge is 0.359 e. The zero-order chi connectivity index (χ0) is 7.98. The first-order valence-electron chi connectivity index (χ1n) is 2.99. The molecule has 0 aromatic rings. The van der Waals surface area contributed by atoms with E-state index in [9.17, 15) is 13.2 Å². The highest BCUT2D eigenvalue weighted by Crippen LogP contribution is 1.87. The van der Waals surface area contributed by atoms with Gasteiger partial charge in [0.05, 0.1) is 0 Å². The maximum absolute atomic E-state index is 10.5. The van der Waals surface area contributed by atoms with E-state index in [0.717, 1.165) is 0 Å². The summed E-state index contributed by atoms with van der Waals surface area (Å²) in [6.07, 6.45) is 0.707. The number of amides is 1. The first kappa shape index (κ1) is 9.42. The van der Waals surface area contributed by atoms with Crippen LogP contribution >= 0.6 is 0 Å². The third-order valence-electron chi connectivity index (χ3n) is 1.02. The second-order valence-electron chi connectivity index (χ2n) is 1.83. The summed E-state index contributed by atoms with van der Waals surface area (Å²) in [7, 11) is -0.789. The third-order valence-corrected chi connectivity index (χ3v) is 1.70. The summed E-state index contributed by atoms with van der Waals surface area (Å²) < 4.78 is 19.9. The molecule has 0 spiro atoms. The Bertz CT molecular complexity index is 168. The van der Waals surface area contributed by atoms with Crippen molar-refractivity contribution in [2.75, 3.05) is 12.8 Å². The summed E-state index contributed by atoms with van der Waals surface area (Å²) in [5.41, 5.74) is 0. The van der Waals surface area contributed by atoms with Crippen LogP contribution in [0.1, 0.15) is 12.8 Å². The van der Waals surface area contributed by atoms with Crippen molar-refractivity contribution < 1.29 is 13.2 Å². The zero-order valence-corrected chi connectivity index (χ0v) is 6.69. The Balaban J connectivity index is 3.28. The highest BCUT2D eigenvalue weighted by Gasteiger charge is 1.96. The van der Waals surface area contributed by atoms with Crippen molar-refractivity contribution in [3.8, 4) is 0 Å². The summed E-state index contributed by atoms with van der Waals surface area (Å²) in [5.74, 6) is -0.0141. The molecule has 0 unspecified atom stereocenters. The van der Waals surface area contributed by atoms with Crippen molar-refractivity contribution in [1.82, 2.24) is 5.32 Å². The minimum Gasteiger partial charge on any atom is -0.359 e. The van der Waals surface area contributed by atoms with Gasteiger partial charge in [0.1, 0.15) is 10.7 Å². The van der Waals surface area contributed by atoms with Crippen LogP contribution < -0.4 is 5.32 Å². The van der Waals surface area contributed by atoms with Gasteiger partial charge < -0.3 is 5.32 Å². The normalized spacial score (nSPS) is 9.80. The third kappa shape index (κ3) is 5.55. The molecule has 0 bridgehead atoms. The molecule has 0 heterocycles. The molecule has 10 heavy (non-hydrogen) atoms. The maximum atomic E-state index is 10.5. The Morgan fingerprint density at radius 1 is 1.50 bits per heavy atom. The molecule has 0 aliphatic heterocycles. The number of hydrogen-bond acceptors (Lipinski definition) is 3. The Morgan fingerprint density at radius 2 is 2.10 bits per heavy atom. The molecule has 0 radical (unpaired) electrons. The maximum Gasteiger partial charge on any atom is 0.219 e. The van der Waals surface area contributed by atoms with Crippen molar-refractivity contribution >= 4 is 16.6 Å². The van der Waals surface area contributed by atoms with Crippen LogP contribution in [0.5, 0.6) is 0 Å². The number of hydrogen-bond donors (Lipinski definition) is 2. The molecule has 0 fully saturated rings. The Labute approximate surface area is 61.6 Å². The van der Waals surface area contributed by atoms with Crippen molar-refractivity contribution in [2.45, 2.75) is 12.8 Å². The van der Waals surface area contributed by atoms with E-state index in [0.29, 0.717) is 12.8 Å². The van der Waals surface area contributed by atoms with Gasteiger partial charge in [0, 0.05) is 19.2 Å². The number of rotatable bonds is 4. The van der Waals surface area contributed by atoms with Gasteiger partial charge in [-0.3, -0.25) is 4.79 Å². The molecule has 0 saturated heterocycles. The van der Waals surface area contributed by atoms with Gasteiger partial charge in [0.25, 0.3) is 0 Å². The van der Waals surface area contributed by atoms with Gasteiger partial charge in [0.2, 0.25) is 5.91 Å². The van der Waals surface area contributed by atoms with Crippen LogP contribution in [0.15, 0.2) is 0 Å². The molecule has 0 aromatic heterocycles. The summed E-state index contributed by atoms with van der Waals surface area (Å²) in [6, 6.07) is 0. The van der Waals surface area contributed by atoms with Crippen molar-refractivity contribution in [1.29, 1.82) is 0 Å². The summed E-state index contributed by atoms with van der Waals surface area (Å²) >= 11 is 0. The van der Waals surface area contributed by atoms with E-state index in [1.54, 1.807) is 0 Å². The van der Waals surface area contributed by atoms with Crippen molar-refractivity contribution in [3.63, 3.8) is 0 Å². The molecule has 0 atom stereocenters. The van der Waals surface area contributed by atoms with Gasteiger partial charge in [-0.25, -0.2) is 8.42 Å². The van der Waals surface area contributed by atoms with Crippen molar-refractivity contribution in [2.24, 2.45) is 0 Å². The molecule has 0 aliphatic rings. The molecule has 4 nitrogen and oxygen atoms in total. The fraction of sp³-hybridized carbons (Fsp3) is 0.800. The fourth-order valence-electron chi connectivity index (χ4n) is 0.494. The van der Waals surface area contributed by atoms with E-state index < -0.39 is 10.7 Å². The van der Waals surface area contributed by atoms with Gasteiger partial charge in [-0.2, -0.15) is 0 Å². The van der Waals surface area contributed by atoms with Gasteiger partial charge in [0.15, 0.2) is 0 Å². The van der Waals surface area contributed by atoms with Crippen LogP contribution in [-0.4, -0.2) is 27.1 Å². The van der Waals surface area contributed by atoms with E-state index >= 15 is 0 Å². The average molecular weight is 165 g/mol. The molecule has 0 aromatic carbocycles. The minimum absolute atomic E-state index is 0.1000. The van der Waals surface area contributed by atoms with E-state index in [-0.39, 0.29) is 11.7 Å². The van der Waals surface area contributed by atoms with Crippen LogP contribution in [0.4, 0.5) is 0 Å². The predicted molar refractivity (Wildman–Crippen MR) is 38.5 cm³/mol. The minimum atomic E-state index is -2.32. The number of carbonyl (C=O) groups is 1. The summed E-state index contributed by atoms with van der Waals surface area (Å²) in [6.45, 7) is 0. The van der Waals surface area contributed by atoms with Gasteiger partial charge in [-0.05, 0) is 6.42 Å². The molecule has 0 saturated carbocycles. The van der Waals surface area contributed by atoms with E-state index in [1.807, 2.05) is 0 Å². The Kier molecular flexibility index (Phi) is 4.92. The average Bonchev–Trinajstić information content (AvgIpc) is 1.87. The number of carbonyl (C=O) groups excluding carboxylic acids is 1. The Hall–Kier alpha value is -0.580. The summed E-state index contributed by atoms with van der Waals surface area (Å²) in [5, 5.41) is 2.40. The second kappa shape index (κ2) is 5.22. The van der Waals surface area contributed by atoms with E-state index in [1.165, 1.54) is 7.05 Å². The lowest BCUT2D eigenvalue weighted by molar-refractivity contribution is -0.120. The molecular formula is C5H11NO3S. The van der Waals surface area contributed by atoms with E-state index in [4.69, 9.17) is 0 Å². The highest BCUT2D eigenvalue weighted by molar-refractivity contribution is 7.72. The molecule has 1 amide bonds. The lowest BCUT2D eigenvalue weighted by Crippen LogP contribution is -2.17. The molecule has 1 N–H and O–H groups in total. The van der Waals surface area contributed by atoms with Gasteiger partial charge in [-0.15, -0.1) is 0 Å². The SMILES string of the molecule is CNC(=O)CCC[SH](=O)=O. The zero-order valence-electron chi connectivity index (χ0n) is 5.79. The van der Waals surface area contributed by atoms with Crippen LogP contribution in [0, 0.1) is 0 Å². The topological polar surface area (TPSA) is 63.2 Å². The fourth-order valence-corrected chi connectivity index (χ4v) is 0.910.